The predicted molar refractivity (Wildman–Crippen MR) is 109 cm³/mol. The van der Waals surface area contributed by atoms with Gasteiger partial charge in [-0.15, -0.1) is 0 Å². The summed E-state index contributed by atoms with van der Waals surface area (Å²) in [5.41, 5.74) is 1.14. The monoisotopic (exact) mass is 424 g/mol. The lowest BCUT2D eigenvalue weighted by Crippen LogP contribution is -2.39. The van der Waals surface area contributed by atoms with Crippen molar-refractivity contribution in [2.45, 2.75) is 12.8 Å². The molecule has 1 aliphatic heterocycles. The summed E-state index contributed by atoms with van der Waals surface area (Å²) in [5, 5.41) is 2.98. The standard InChI is InChI=1S/C20H22ClFN2O3S/c21-18-10-16(15-6-2-1-3-7-15)9-17(20(18)22)19(25)12-24-28(26,27)13-14-5-4-8-23-11-14/h1-3,6-7,9-10,14,23-24H,4-5,8,11-13H2. The van der Waals surface area contributed by atoms with E-state index in [2.05, 4.69) is 10.0 Å². The minimum atomic E-state index is -3.64. The molecule has 1 fully saturated rings. The summed E-state index contributed by atoms with van der Waals surface area (Å²) >= 11 is 5.96. The molecule has 0 saturated carbocycles. The first-order valence-corrected chi connectivity index (χ1v) is 11.1. The van der Waals surface area contributed by atoms with Gasteiger partial charge in [0, 0.05) is 0 Å². The fourth-order valence-electron chi connectivity index (χ4n) is 3.30. The Kier molecular flexibility index (Phi) is 6.82. The zero-order valence-electron chi connectivity index (χ0n) is 15.3. The van der Waals surface area contributed by atoms with E-state index in [4.69, 9.17) is 11.6 Å². The Hall–Kier alpha value is -1.80. The Morgan fingerprint density at radius 3 is 2.64 bits per heavy atom. The lowest BCUT2D eigenvalue weighted by atomic mass is 10.0. The molecule has 2 aromatic rings. The maximum atomic E-state index is 14.4. The third-order valence-corrected chi connectivity index (χ3v) is 6.51. The van der Waals surface area contributed by atoms with Crippen LogP contribution in [-0.4, -0.2) is 39.6 Å². The van der Waals surface area contributed by atoms with Gasteiger partial charge in [0.25, 0.3) is 0 Å². The summed E-state index contributed by atoms with van der Waals surface area (Å²) < 4.78 is 41.2. The highest BCUT2D eigenvalue weighted by molar-refractivity contribution is 7.89. The van der Waals surface area contributed by atoms with Crippen LogP contribution in [0.2, 0.25) is 5.02 Å². The number of halogens is 2. The van der Waals surface area contributed by atoms with Crippen LogP contribution >= 0.6 is 11.6 Å². The average molecular weight is 425 g/mol. The highest BCUT2D eigenvalue weighted by atomic mass is 35.5. The van der Waals surface area contributed by atoms with E-state index >= 15 is 0 Å². The van der Waals surface area contributed by atoms with Gasteiger partial charge in [0.05, 0.1) is 22.9 Å². The highest BCUT2D eigenvalue weighted by Crippen LogP contribution is 2.28. The molecule has 1 heterocycles. The lowest BCUT2D eigenvalue weighted by molar-refractivity contribution is 0.0993. The Bertz CT molecular complexity index is 945. The van der Waals surface area contributed by atoms with E-state index in [0.29, 0.717) is 12.1 Å². The number of sulfonamides is 1. The summed E-state index contributed by atoms with van der Waals surface area (Å²) in [5.74, 6) is -1.56. The lowest BCUT2D eigenvalue weighted by Gasteiger charge is -2.22. The van der Waals surface area contributed by atoms with Crippen LogP contribution in [0.1, 0.15) is 23.2 Å². The van der Waals surface area contributed by atoms with E-state index in [9.17, 15) is 17.6 Å². The molecule has 0 spiro atoms. The molecule has 3 rings (SSSR count). The molecular weight excluding hydrogens is 403 g/mol. The molecule has 2 N–H and O–H groups in total. The minimum absolute atomic E-state index is 0.00828. The third-order valence-electron chi connectivity index (χ3n) is 4.74. The van der Waals surface area contributed by atoms with Gasteiger partial charge < -0.3 is 5.32 Å². The largest absolute Gasteiger partial charge is 0.316 e. The van der Waals surface area contributed by atoms with E-state index in [-0.39, 0.29) is 22.3 Å². The molecule has 1 unspecified atom stereocenters. The summed E-state index contributed by atoms with van der Waals surface area (Å²) in [6.07, 6.45) is 1.75. The van der Waals surface area contributed by atoms with Crippen molar-refractivity contribution in [1.29, 1.82) is 0 Å². The van der Waals surface area contributed by atoms with E-state index in [1.54, 1.807) is 0 Å². The van der Waals surface area contributed by atoms with Gasteiger partial charge in [0.15, 0.2) is 11.6 Å². The van der Waals surface area contributed by atoms with Crippen molar-refractivity contribution in [3.05, 3.63) is 58.9 Å². The second kappa shape index (κ2) is 9.13. The zero-order valence-corrected chi connectivity index (χ0v) is 16.8. The number of nitrogens with one attached hydrogen (secondary N) is 2. The van der Waals surface area contributed by atoms with Gasteiger partial charge >= 0.3 is 0 Å². The molecular formula is C20H22ClFN2O3S. The normalized spacial score (nSPS) is 17.4. The summed E-state index contributed by atoms with van der Waals surface area (Å²) in [7, 11) is -3.64. The number of benzene rings is 2. The maximum absolute atomic E-state index is 14.4. The molecule has 1 saturated heterocycles. The van der Waals surface area contributed by atoms with Gasteiger partial charge in [0.2, 0.25) is 10.0 Å². The zero-order chi connectivity index (χ0) is 20.1. The number of hydrogen-bond donors (Lipinski definition) is 2. The van der Waals surface area contributed by atoms with Gasteiger partial charge in [-0.25, -0.2) is 17.5 Å². The number of carbonyl (C=O) groups excluding carboxylic acids is 1. The van der Waals surface area contributed by atoms with Crippen molar-refractivity contribution in [2.75, 3.05) is 25.4 Å². The van der Waals surface area contributed by atoms with Crippen LogP contribution in [0.25, 0.3) is 11.1 Å². The van der Waals surface area contributed by atoms with Gasteiger partial charge in [0.1, 0.15) is 0 Å². The van der Waals surface area contributed by atoms with Crippen LogP contribution in [0.3, 0.4) is 0 Å². The van der Waals surface area contributed by atoms with Crippen LogP contribution < -0.4 is 10.0 Å². The van der Waals surface area contributed by atoms with Crippen molar-refractivity contribution >= 4 is 27.4 Å². The fraction of sp³-hybridized carbons (Fsp3) is 0.350. The second-order valence-corrected chi connectivity index (χ2v) is 9.18. The van der Waals surface area contributed by atoms with E-state index in [0.717, 1.165) is 24.9 Å². The molecule has 28 heavy (non-hydrogen) atoms. The Morgan fingerprint density at radius 2 is 1.96 bits per heavy atom. The first-order valence-electron chi connectivity index (χ1n) is 9.11. The van der Waals surface area contributed by atoms with E-state index in [1.807, 2.05) is 30.3 Å². The number of piperidine rings is 1. The first-order chi connectivity index (χ1) is 13.4. The Morgan fingerprint density at radius 1 is 1.21 bits per heavy atom. The van der Waals surface area contributed by atoms with Crippen LogP contribution in [-0.2, 0) is 10.0 Å². The quantitative estimate of drug-likeness (QED) is 0.669. The summed E-state index contributed by atoms with van der Waals surface area (Å²) in [6, 6.07) is 12.0. The van der Waals surface area contributed by atoms with Gasteiger partial charge in [-0.3, -0.25) is 4.79 Å². The molecule has 0 aromatic heterocycles. The Labute approximate surface area is 169 Å². The molecule has 0 aliphatic carbocycles. The molecule has 5 nitrogen and oxygen atoms in total. The molecule has 0 amide bonds. The topological polar surface area (TPSA) is 75.3 Å². The van der Waals surface area contributed by atoms with E-state index in [1.165, 1.54) is 12.1 Å². The number of ketones is 1. The van der Waals surface area contributed by atoms with Crippen LogP contribution in [0.15, 0.2) is 42.5 Å². The fourth-order valence-corrected chi connectivity index (χ4v) is 4.89. The molecule has 2 aromatic carbocycles. The Balaban J connectivity index is 1.72. The molecule has 0 radical (unpaired) electrons. The van der Waals surface area contributed by atoms with Crippen molar-refractivity contribution in [3.8, 4) is 11.1 Å². The van der Waals surface area contributed by atoms with E-state index < -0.39 is 28.2 Å². The highest BCUT2D eigenvalue weighted by Gasteiger charge is 2.23. The van der Waals surface area contributed by atoms with Crippen molar-refractivity contribution in [3.63, 3.8) is 0 Å². The van der Waals surface area contributed by atoms with Gasteiger partial charge in [-0.05, 0) is 55.1 Å². The summed E-state index contributed by atoms with van der Waals surface area (Å²) in [4.78, 5) is 12.5. The third kappa shape index (κ3) is 5.38. The number of rotatable bonds is 7. The van der Waals surface area contributed by atoms with Crippen molar-refractivity contribution in [2.24, 2.45) is 5.92 Å². The molecule has 8 heteroatoms. The molecule has 0 bridgehead atoms. The smallest absolute Gasteiger partial charge is 0.212 e. The molecule has 150 valence electrons. The SMILES string of the molecule is O=C(CNS(=O)(=O)CC1CCCNC1)c1cc(-c2ccccc2)cc(Cl)c1F. The minimum Gasteiger partial charge on any atom is -0.316 e. The van der Waals surface area contributed by atoms with Crippen molar-refractivity contribution < 1.29 is 17.6 Å². The second-order valence-electron chi connectivity index (χ2n) is 6.92. The summed E-state index contributed by atoms with van der Waals surface area (Å²) in [6.45, 7) is 1.02. The van der Waals surface area contributed by atoms with Crippen LogP contribution in [0.5, 0.6) is 0 Å². The average Bonchev–Trinajstić information content (AvgIpc) is 2.69. The molecule has 1 atom stereocenters. The number of carbonyl (C=O) groups is 1. The first kappa shape index (κ1) is 20.9. The maximum Gasteiger partial charge on any atom is 0.212 e. The number of hydrogen-bond acceptors (Lipinski definition) is 4. The number of Topliss-reactive ketones (excluding diaryl/α,β-unsaturated/α-hetero) is 1. The van der Waals surface area contributed by atoms with Crippen LogP contribution in [0, 0.1) is 11.7 Å². The molecule has 1 aliphatic rings. The van der Waals surface area contributed by atoms with Crippen LogP contribution in [0.4, 0.5) is 4.39 Å². The van der Waals surface area contributed by atoms with Gasteiger partial charge in [-0.1, -0.05) is 41.9 Å². The van der Waals surface area contributed by atoms with Gasteiger partial charge in [-0.2, -0.15) is 0 Å². The van der Waals surface area contributed by atoms with Crippen molar-refractivity contribution in [1.82, 2.24) is 10.0 Å². The predicted octanol–water partition coefficient (Wildman–Crippen LogP) is 3.25.